The van der Waals surface area contributed by atoms with Gasteiger partial charge in [-0.2, -0.15) is 0 Å². The molecule has 0 saturated carbocycles. The van der Waals surface area contributed by atoms with Crippen LogP contribution < -0.4 is 5.76 Å². The topological polar surface area (TPSA) is 75.8 Å². The Hall–Kier alpha value is -2.57. The molecule has 3 fully saturated rings. The summed E-state index contributed by atoms with van der Waals surface area (Å²) in [6.07, 6.45) is 3.74. The number of piperidine rings is 3. The van der Waals surface area contributed by atoms with Crippen LogP contribution in [0.3, 0.4) is 0 Å². The van der Waals surface area contributed by atoms with Crippen molar-refractivity contribution in [2.45, 2.75) is 38.3 Å². The second-order valence-corrected chi connectivity index (χ2v) is 8.09. The Balaban J connectivity index is 1.35. The highest BCUT2D eigenvalue weighted by molar-refractivity contribution is 5.80. The van der Waals surface area contributed by atoms with Gasteiger partial charge in [0, 0.05) is 32.1 Å². The quantitative estimate of drug-likeness (QED) is 0.803. The molecule has 0 N–H and O–H groups in total. The van der Waals surface area contributed by atoms with Crippen molar-refractivity contribution in [1.82, 2.24) is 14.4 Å². The smallest absolute Gasteiger partial charge is 0.408 e. The van der Waals surface area contributed by atoms with Gasteiger partial charge in [0.2, 0.25) is 11.8 Å². The predicted molar refractivity (Wildman–Crippen MR) is 98.0 cm³/mol. The average molecular weight is 369 g/mol. The molecule has 1 aromatic carbocycles. The van der Waals surface area contributed by atoms with Crippen molar-refractivity contribution in [1.29, 1.82) is 0 Å². The molecule has 0 radical (unpaired) electrons. The number of nitrogens with zero attached hydrogens (tertiary/aromatic N) is 3. The number of hydrogen-bond acceptors (Lipinski definition) is 4. The third kappa shape index (κ3) is 2.76. The normalized spacial score (nSPS) is 27.7. The van der Waals surface area contributed by atoms with E-state index in [0.717, 1.165) is 25.8 Å². The van der Waals surface area contributed by atoms with Gasteiger partial charge in [0.05, 0.1) is 5.52 Å². The molecular formula is C20H23N3O4. The number of rotatable bonds is 2. The van der Waals surface area contributed by atoms with Crippen molar-refractivity contribution < 1.29 is 14.0 Å². The highest BCUT2D eigenvalue weighted by atomic mass is 16.4. The number of carbonyl (C=O) groups is 2. The van der Waals surface area contributed by atoms with E-state index < -0.39 is 5.76 Å². The SMILES string of the molecule is O=C(Cn1c(=O)oc2ccccc21)N1CC2CC(C1)[C@H]1CCCC(=O)N1C2. The van der Waals surface area contributed by atoms with Crippen LogP contribution in [-0.4, -0.2) is 51.9 Å². The number of likely N-dealkylation sites (tertiary alicyclic amines) is 1. The summed E-state index contributed by atoms with van der Waals surface area (Å²) in [4.78, 5) is 41.3. The lowest BCUT2D eigenvalue weighted by Crippen LogP contribution is -2.61. The van der Waals surface area contributed by atoms with Gasteiger partial charge in [-0.05, 0) is 43.2 Å². The summed E-state index contributed by atoms with van der Waals surface area (Å²) >= 11 is 0. The maximum absolute atomic E-state index is 13.0. The van der Waals surface area contributed by atoms with Gasteiger partial charge < -0.3 is 14.2 Å². The molecule has 4 heterocycles. The maximum Gasteiger partial charge on any atom is 0.420 e. The Morgan fingerprint density at radius 3 is 2.89 bits per heavy atom. The van der Waals surface area contributed by atoms with Crippen LogP contribution in [0.1, 0.15) is 25.7 Å². The number of aromatic nitrogens is 1. The number of carbonyl (C=O) groups excluding carboxylic acids is 2. The van der Waals surface area contributed by atoms with E-state index >= 15 is 0 Å². The zero-order valence-corrected chi connectivity index (χ0v) is 15.2. The largest absolute Gasteiger partial charge is 0.420 e. The van der Waals surface area contributed by atoms with E-state index in [-0.39, 0.29) is 24.4 Å². The third-order valence-electron chi connectivity index (χ3n) is 6.40. The van der Waals surface area contributed by atoms with Crippen molar-refractivity contribution in [3.8, 4) is 0 Å². The number of hydrogen-bond donors (Lipinski definition) is 0. The summed E-state index contributed by atoms with van der Waals surface area (Å²) in [6, 6.07) is 7.44. The molecule has 1 aromatic heterocycles. The lowest BCUT2D eigenvalue weighted by molar-refractivity contribution is -0.148. The number of benzene rings is 1. The van der Waals surface area contributed by atoms with Crippen molar-refractivity contribution in [3.63, 3.8) is 0 Å². The fourth-order valence-electron chi connectivity index (χ4n) is 5.21. The Morgan fingerprint density at radius 2 is 2.00 bits per heavy atom. The van der Waals surface area contributed by atoms with Crippen LogP contribution in [0.25, 0.3) is 11.1 Å². The van der Waals surface area contributed by atoms with Gasteiger partial charge in [0.25, 0.3) is 0 Å². The Kier molecular flexibility index (Phi) is 3.84. The second-order valence-electron chi connectivity index (χ2n) is 8.09. The molecule has 2 aromatic rings. The van der Waals surface area contributed by atoms with E-state index in [4.69, 9.17) is 4.42 Å². The highest BCUT2D eigenvalue weighted by Gasteiger charge is 2.44. The third-order valence-corrected chi connectivity index (χ3v) is 6.40. The summed E-state index contributed by atoms with van der Waals surface area (Å²) in [5, 5.41) is 0. The summed E-state index contributed by atoms with van der Waals surface area (Å²) in [6.45, 7) is 2.10. The first kappa shape index (κ1) is 16.6. The van der Waals surface area contributed by atoms with Crippen molar-refractivity contribution in [2.24, 2.45) is 11.8 Å². The van der Waals surface area contributed by atoms with Crippen LogP contribution >= 0.6 is 0 Å². The van der Waals surface area contributed by atoms with Crippen molar-refractivity contribution >= 4 is 22.9 Å². The highest BCUT2D eigenvalue weighted by Crippen LogP contribution is 2.37. The Bertz CT molecular complexity index is 962. The molecule has 3 saturated heterocycles. The standard InChI is InChI=1S/C20H23N3O4/c24-18-7-3-5-15-14-8-13(10-22(15)18)9-21(11-14)19(25)12-23-16-4-1-2-6-17(16)27-20(23)26/h1-2,4,6,13-15H,3,5,7-12H2/t13?,14?,15-/m1/s1. The van der Waals surface area contributed by atoms with Crippen LogP contribution in [0.2, 0.25) is 0 Å². The molecule has 2 amide bonds. The molecule has 7 heteroatoms. The number of amides is 2. The molecule has 2 bridgehead atoms. The summed E-state index contributed by atoms with van der Waals surface area (Å²) in [5.74, 6) is 0.421. The van der Waals surface area contributed by atoms with Gasteiger partial charge in [-0.3, -0.25) is 14.2 Å². The van der Waals surface area contributed by atoms with E-state index in [0.29, 0.717) is 42.4 Å². The van der Waals surface area contributed by atoms with Crippen LogP contribution in [0.5, 0.6) is 0 Å². The molecule has 3 atom stereocenters. The summed E-state index contributed by atoms with van der Waals surface area (Å²) in [7, 11) is 0. The predicted octanol–water partition coefficient (Wildman–Crippen LogP) is 1.45. The van der Waals surface area contributed by atoms with E-state index in [1.54, 1.807) is 18.2 Å². The molecular weight excluding hydrogens is 346 g/mol. The first-order valence-corrected chi connectivity index (χ1v) is 9.76. The average Bonchev–Trinajstić information content (AvgIpc) is 2.98. The summed E-state index contributed by atoms with van der Waals surface area (Å²) in [5.41, 5.74) is 1.15. The molecule has 3 aliphatic heterocycles. The van der Waals surface area contributed by atoms with Crippen molar-refractivity contribution in [2.75, 3.05) is 19.6 Å². The zero-order valence-electron chi connectivity index (χ0n) is 15.2. The van der Waals surface area contributed by atoms with Gasteiger partial charge in [-0.1, -0.05) is 12.1 Å². The minimum Gasteiger partial charge on any atom is -0.408 e. The van der Waals surface area contributed by atoms with Gasteiger partial charge in [-0.15, -0.1) is 0 Å². The second kappa shape index (κ2) is 6.25. The van der Waals surface area contributed by atoms with E-state index in [1.807, 2.05) is 11.0 Å². The van der Waals surface area contributed by atoms with Crippen LogP contribution in [-0.2, 0) is 16.1 Å². The van der Waals surface area contributed by atoms with Gasteiger partial charge >= 0.3 is 5.76 Å². The Morgan fingerprint density at radius 1 is 1.15 bits per heavy atom. The lowest BCUT2D eigenvalue weighted by atomic mass is 9.76. The Labute approximate surface area is 156 Å². The van der Waals surface area contributed by atoms with E-state index in [2.05, 4.69) is 4.90 Å². The molecule has 3 aliphatic rings. The molecule has 0 aliphatic carbocycles. The molecule has 142 valence electrons. The molecule has 0 spiro atoms. The molecule has 2 unspecified atom stereocenters. The number of para-hydroxylation sites is 2. The molecule has 7 nitrogen and oxygen atoms in total. The maximum atomic E-state index is 13.0. The zero-order chi connectivity index (χ0) is 18.5. The molecule has 5 rings (SSSR count). The molecule has 27 heavy (non-hydrogen) atoms. The lowest BCUT2D eigenvalue weighted by Gasteiger charge is -2.52. The van der Waals surface area contributed by atoms with Crippen LogP contribution in [0.15, 0.2) is 33.5 Å². The van der Waals surface area contributed by atoms with Gasteiger partial charge in [-0.25, -0.2) is 4.79 Å². The van der Waals surface area contributed by atoms with Crippen LogP contribution in [0, 0.1) is 11.8 Å². The minimum atomic E-state index is -0.495. The van der Waals surface area contributed by atoms with Gasteiger partial charge in [0.1, 0.15) is 6.54 Å². The van der Waals surface area contributed by atoms with Crippen LogP contribution in [0.4, 0.5) is 0 Å². The van der Waals surface area contributed by atoms with E-state index in [9.17, 15) is 14.4 Å². The number of fused-ring (bicyclic) bond motifs is 5. The summed E-state index contributed by atoms with van der Waals surface area (Å²) < 4.78 is 6.65. The number of oxazole rings is 1. The van der Waals surface area contributed by atoms with E-state index in [1.165, 1.54) is 4.57 Å². The monoisotopic (exact) mass is 369 g/mol. The first-order valence-electron chi connectivity index (χ1n) is 9.76. The minimum absolute atomic E-state index is 0.00258. The van der Waals surface area contributed by atoms with Gasteiger partial charge in [0.15, 0.2) is 5.58 Å². The fourth-order valence-corrected chi connectivity index (χ4v) is 5.21. The fraction of sp³-hybridized carbons (Fsp3) is 0.550. The first-order chi connectivity index (χ1) is 13.1. The van der Waals surface area contributed by atoms with Crippen molar-refractivity contribution in [3.05, 3.63) is 34.8 Å².